The van der Waals surface area contributed by atoms with Crippen LogP contribution in [0.15, 0.2) is 30.3 Å². The normalized spacial score (nSPS) is 27.1. The predicted molar refractivity (Wildman–Crippen MR) is 103 cm³/mol. The van der Waals surface area contributed by atoms with Crippen LogP contribution in [-0.4, -0.2) is 53.5 Å². The first-order valence-corrected chi connectivity index (χ1v) is 10.3. The highest BCUT2D eigenvalue weighted by atomic mass is 16.5. The van der Waals surface area contributed by atoms with Crippen LogP contribution in [0.2, 0.25) is 0 Å². The van der Waals surface area contributed by atoms with Gasteiger partial charge in [0.05, 0.1) is 0 Å². The van der Waals surface area contributed by atoms with Crippen LogP contribution in [0.4, 0.5) is 0 Å². The van der Waals surface area contributed by atoms with Gasteiger partial charge in [0.1, 0.15) is 5.75 Å². The lowest BCUT2D eigenvalue weighted by atomic mass is 9.83. The number of nitrogens with zero attached hydrogens (tertiary/aromatic N) is 2. The van der Waals surface area contributed by atoms with Gasteiger partial charge in [-0.25, -0.2) is 0 Å². The first-order chi connectivity index (χ1) is 12.5. The number of piperidine rings is 1. The molecule has 4 fully saturated rings. The number of ether oxygens (including phenoxy) is 1. The molecule has 0 radical (unpaired) electrons. The quantitative estimate of drug-likeness (QED) is 0.809. The molecule has 1 amide bonds. The molecule has 0 unspecified atom stereocenters. The molecule has 3 saturated heterocycles. The molecular formula is C22H32N2O2. The van der Waals surface area contributed by atoms with Gasteiger partial charge < -0.3 is 9.64 Å². The van der Waals surface area contributed by atoms with Gasteiger partial charge in [0, 0.05) is 32.2 Å². The van der Waals surface area contributed by atoms with Gasteiger partial charge in [0.25, 0.3) is 5.91 Å². The number of hydrogen-bond donors (Lipinski definition) is 0. The second kappa shape index (κ2) is 7.22. The maximum atomic E-state index is 13.3. The Morgan fingerprint density at radius 3 is 2.54 bits per heavy atom. The number of amides is 1. The average molecular weight is 357 g/mol. The molecule has 3 heterocycles. The summed E-state index contributed by atoms with van der Waals surface area (Å²) < 4.78 is 6.06. The number of hydrogen-bond acceptors (Lipinski definition) is 3. The molecular weight excluding hydrogens is 324 g/mol. The zero-order chi connectivity index (χ0) is 18.1. The summed E-state index contributed by atoms with van der Waals surface area (Å²) in [5.41, 5.74) is -0.829. The Morgan fingerprint density at radius 2 is 1.85 bits per heavy atom. The van der Waals surface area contributed by atoms with E-state index in [-0.39, 0.29) is 5.91 Å². The van der Waals surface area contributed by atoms with Crippen LogP contribution in [0.3, 0.4) is 0 Å². The molecule has 4 nitrogen and oxygen atoms in total. The molecule has 1 aromatic rings. The van der Waals surface area contributed by atoms with E-state index in [1.807, 2.05) is 44.2 Å². The van der Waals surface area contributed by atoms with Gasteiger partial charge in [-0.1, -0.05) is 24.6 Å². The summed E-state index contributed by atoms with van der Waals surface area (Å²) in [5.74, 6) is 2.40. The van der Waals surface area contributed by atoms with Crippen molar-refractivity contribution >= 4 is 5.91 Å². The minimum Gasteiger partial charge on any atom is -0.478 e. The Balaban J connectivity index is 1.43. The molecule has 1 saturated carbocycles. The van der Waals surface area contributed by atoms with Gasteiger partial charge >= 0.3 is 0 Å². The van der Waals surface area contributed by atoms with Crippen molar-refractivity contribution in [3.63, 3.8) is 0 Å². The Bertz CT molecular complexity index is 626. The van der Waals surface area contributed by atoms with Gasteiger partial charge in [-0.3, -0.25) is 9.69 Å². The summed E-state index contributed by atoms with van der Waals surface area (Å²) in [6.07, 6.45) is 6.70. The molecule has 0 spiro atoms. The molecule has 5 rings (SSSR count). The second-order valence-corrected chi connectivity index (χ2v) is 8.98. The largest absolute Gasteiger partial charge is 0.478 e. The van der Waals surface area contributed by atoms with Crippen LogP contribution in [-0.2, 0) is 4.79 Å². The van der Waals surface area contributed by atoms with Crippen LogP contribution in [0, 0.1) is 11.8 Å². The number of carbonyl (C=O) groups excluding carboxylic acids is 1. The maximum absolute atomic E-state index is 13.3. The van der Waals surface area contributed by atoms with E-state index in [2.05, 4.69) is 9.80 Å². The van der Waals surface area contributed by atoms with E-state index in [0.717, 1.165) is 24.8 Å². The SMILES string of the molecule is CC(C)(Oc1ccccc1)C(=O)N1C[C@H]2CC[C@@H](C1)N(CC1CCC1)C2. The molecule has 2 bridgehead atoms. The average Bonchev–Trinajstić information content (AvgIpc) is 2.89. The molecule has 3 aliphatic heterocycles. The highest BCUT2D eigenvalue weighted by Gasteiger charge is 2.42. The molecule has 4 aliphatic rings. The summed E-state index contributed by atoms with van der Waals surface area (Å²) in [4.78, 5) is 18.1. The van der Waals surface area contributed by atoms with Gasteiger partial charge in [-0.05, 0) is 63.5 Å². The second-order valence-electron chi connectivity index (χ2n) is 8.98. The van der Waals surface area contributed by atoms with Crippen LogP contribution < -0.4 is 4.74 Å². The fourth-order valence-electron chi connectivity index (χ4n) is 4.78. The predicted octanol–water partition coefficient (Wildman–Crippen LogP) is 3.57. The van der Waals surface area contributed by atoms with Crippen molar-refractivity contribution < 1.29 is 9.53 Å². The van der Waals surface area contributed by atoms with Crippen molar-refractivity contribution in [2.24, 2.45) is 11.8 Å². The van der Waals surface area contributed by atoms with Gasteiger partial charge in [0.2, 0.25) is 0 Å². The lowest BCUT2D eigenvalue weighted by molar-refractivity contribution is -0.145. The van der Waals surface area contributed by atoms with E-state index >= 15 is 0 Å². The first-order valence-electron chi connectivity index (χ1n) is 10.3. The van der Waals surface area contributed by atoms with E-state index in [1.54, 1.807) is 0 Å². The smallest absolute Gasteiger partial charge is 0.266 e. The molecule has 1 aromatic carbocycles. The molecule has 1 aliphatic carbocycles. The highest BCUT2D eigenvalue weighted by molar-refractivity contribution is 5.85. The van der Waals surface area contributed by atoms with Crippen LogP contribution in [0.25, 0.3) is 0 Å². The molecule has 0 N–H and O–H groups in total. The van der Waals surface area contributed by atoms with Crippen molar-refractivity contribution in [1.29, 1.82) is 0 Å². The zero-order valence-corrected chi connectivity index (χ0v) is 16.2. The van der Waals surface area contributed by atoms with Crippen molar-refractivity contribution in [3.8, 4) is 5.75 Å². The first kappa shape index (κ1) is 17.8. The lowest BCUT2D eigenvalue weighted by Crippen LogP contribution is -2.51. The third-order valence-electron chi connectivity index (χ3n) is 6.46. The topological polar surface area (TPSA) is 32.8 Å². The van der Waals surface area contributed by atoms with E-state index in [1.165, 1.54) is 45.2 Å². The minimum absolute atomic E-state index is 0.128. The number of benzene rings is 1. The third-order valence-corrected chi connectivity index (χ3v) is 6.46. The van der Waals surface area contributed by atoms with E-state index in [9.17, 15) is 4.79 Å². The highest BCUT2D eigenvalue weighted by Crippen LogP contribution is 2.34. The van der Waals surface area contributed by atoms with Gasteiger partial charge in [-0.15, -0.1) is 0 Å². The molecule has 4 heteroatoms. The minimum atomic E-state index is -0.829. The Morgan fingerprint density at radius 1 is 1.08 bits per heavy atom. The summed E-state index contributed by atoms with van der Waals surface area (Å²) in [6, 6.07) is 10.2. The fourth-order valence-corrected chi connectivity index (χ4v) is 4.78. The monoisotopic (exact) mass is 356 g/mol. The maximum Gasteiger partial charge on any atom is 0.266 e. The number of carbonyl (C=O) groups is 1. The molecule has 0 aromatic heterocycles. The van der Waals surface area contributed by atoms with Gasteiger partial charge in [0.15, 0.2) is 5.60 Å². The Hall–Kier alpha value is -1.55. The number of para-hydroxylation sites is 1. The number of fused-ring (bicyclic) bond motifs is 4. The summed E-state index contributed by atoms with van der Waals surface area (Å²) in [7, 11) is 0. The fraction of sp³-hybridized carbons (Fsp3) is 0.682. The van der Waals surface area contributed by atoms with Crippen molar-refractivity contribution in [1.82, 2.24) is 9.80 Å². The lowest BCUT2D eigenvalue weighted by Gasteiger charge is -2.40. The summed E-state index contributed by atoms with van der Waals surface area (Å²) >= 11 is 0. The van der Waals surface area contributed by atoms with Crippen molar-refractivity contribution in [3.05, 3.63) is 30.3 Å². The van der Waals surface area contributed by atoms with Crippen LogP contribution in [0.1, 0.15) is 46.0 Å². The third kappa shape index (κ3) is 3.75. The van der Waals surface area contributed by atoms with Crippen LogP contribution in [0.5, 0.6) is 5.75 Å². The molecule has 26 heavy (non-hydrogen) atoms. The molecule has 142 valence electrons. The van der Waals surface area contributed by atoms with Gasteiger partial charge in [-0.2, -0.15) is 0 Å². The standard InChI is InChI=1S/C22H32N2O2/c1-22(2,26-20-9-4-3-5-10-20)21(25)24-15-18-11-12-19(16-24)23(14-18)13-17-7-6-8-17/h3-5,9-10,17-19H,6-8,11-16H2,1-2H3/t18-,19-/m0/s1. The van der Waals surface area contributed by atoms with Crippen molar-refractivity contribution in [2.75, 3.05) is 26.2 Å². The Labute approximate surface area is 157 Å². The number of rotatable bonds is 5. The van der Waals surface area contributed by atoms with E-state index in [0.29, 0.717) is 12.0 Å². The zero-order valence-electron chi connectivity index (χ0n) is 16.2. The summed E-state index contributed by atoms with van der Waals surface area (Å²) in [5, 5.41) is 0. The van der Waals surface area contributed by atoms with Crippen molar-refractivity contribution in [2.45, 2.75) is 57.6 Å². The van der Waals surface area contributed by atoms with E-state index in [4.69, 9.17) is 4.74 Å². The van der Waals surface area contributed by atoms with Crippen LogP contribution >= 0.6 is 0 Å². The molecule has 2 atom stereocenters. The Kier molecular flexibility index (Phi) is 4.96. The summed E-state index contributed by atoms with van der Waals surface area (Å²) in [6.45, 7) is 7.97. The van der Waals surface area contributed by atoms with E-state index < -0.39 is 5.60 Å².